The van der Waals surface area contributed by atoms with E-state index in [2.05, 4.69) is 22.4 Å². The Labute approximate surface area is 166 Å². The molecule has 3 rings (SSSR count). The van der Waals surface area contributed by atoms with Gasteiger partial charge in [-0.05, 0) is 17.7 Å². The summed E-state index contributed by atoms with van der Waals surface area (Å²) >= 11 is 2.97. The monoisotopic (exact) mass is 400 g/mol. The lowest BCUT2D eigenvalue weighted by atomic mass is 10.1. The lowest BCUT2D eigenvalue weighted by Crippen LogP contribution is -2.13. The third-order valence-corrected chi connectivity index (χ3v) is 5.54. The molecule has 0 fully saturated rings. The van der Waals surface area contributed by atoms with E-state index in [9.17, 15) is 4.79 Å². The summed E-state index contributed by atoms with van der Waals surface area (Å²) < 4.78 is 10.6. The second-order valence-corrected chi connectivity index (χ2v) is 7.47. The molecule has 0 spiro atoms. The minimum atomic E-state index is -0.0569. The Hall–Kier alpha value is -2.51. The van der Waals surface area contributed by atoms with Gasteiger partial charge in [0.15, 0.2) is 5.13 Å². The first kappa shape index (κ1) is 19.3. The molecule has 1 N–H and O–H groups in total. The Bertz CT molecular complexity index is 897. The molecule has 3 aromatic rings. The second-order valence-electron chi connectivity index (χ2n) is 5.63. The van der Waals surface area contributed by atoms with Crippen molar-refractivity contribution in [2.24, 2.45) is 0 Å². The number of rotatable bonds is 8. The van der Waals surface area contributed by atoms with Crippen molar-refractivity contribution in [2.45, 2.75) is 5.75 Å². The number of thioether (sulfide) groups is 1. The largest absolute Gasteiger partial charge is 0.497 e. The molecule has 0 bridgehead atoms. The van der Waals surface area contributed by atoms with Crippen molar-refractivity contribution in [2.75, 3.05) is 25.3 Å². The molecule has 0 atom stereocenters. The summed E-state index contributed by atoms with van der Waals surface area (Å²) in [7, 11) is 3.22. The third-order valence-electron chi connectivity index (χ3n) is 3.78. The molecule has 0 radical (unpaired) electrons. The molecule has 1 aromatic heterocycles. The molecule has 5 nitrogen and oxygen atoms in total. The molecule has 0 saturated carbocycles. The van der Waals surface area contributed by atoms with Crippen LogP contribution < -0.4 is 14.8 Å². The number of carbonyl (C=O) groups excluding carboxylic acids is 1. The molecule has 0 unspecified atom stereocenters. The maximum atomic E-state index is 12.1. The van der Waals surface area contributed by atoms with Crippen molar-refractivity contribution in [1.29, 1.82) is 0 Å². The molecule has 1 amide bonds. The van der Waals surface area contributed by atoms with Gasteiger partial charge in [-0.2, -0.15) is 0 Å². The number of thiazole rings is 1. The van der Waals surface area contributed by atoms with Crippen LogP contribution in [0.2, 0.25) is 0 Å². The molecule has 7 heteroatoms. The predicted octanol–water partition coefficient (Wildman–Crippen LogP) is 4.70. The number of benzene rings is 2. The maximum absolute atomic E-state index is 12.1. The van der Waals surface area contributed by atoms with Gasteiger partial charge in [-0.3, -0.25) is 4.79 Å². The van der Waals surface area contributed by atoms with E-state index in [1.807, 2.05) is 41.8 Å². The van der Waals surface area contributed by atoms with Crippen LogP contribution in [-0.4, -0.2) is 30.9 Å². The summed E-state index contributed by atoms with van der Waals surface area (Å²) in [4.78, 5) is 16.7. The van der Waals surface area contributed by atoms with Crippen molar-refractivity contribution in [3.05, 3.63) is 59.5 Å². The third kappa shape index (κ3) is 5.24. The number of ether oxygens (including phenoxy) is 2. The number of nitrogens with one attached hydrogen (secondary N) is 1. The van der Waals surface area contributed by atoms with E-state index in [0.29, 0.717) is 16.6 Å². The van der Waals surface area contributed by atoms with Gasteiger partial charge in [-0.1, -0.05) is 30.3 Å². The second kappa shape index (κ2) is 9.43. The van der Waals surface area contributed by atoms with Gasteiger partial charge in [-0.25, -0.2) is 4.98 Å². The van der Waals surface area contributed by atoms with Crippen molar-refractivity contribution < 1.29 is 14.3 Å². The normalized spacial score (nSPS) is 10.4. The molecule has 0 aliphatic heterocycles. The van der Waals surface area contributed by atoms with Crippen LogP contribution in [0.25, 0.3) is 11.3 Å². The van der Waals surface area contributed by atoms with Crippen LogP contribution in [0.15, 0.2) is 53.9 Å². The zero-order chi connectivity index (χ0) is 19.1. The minimum Gasteiger partial charge on any atom is -0.497 e. The number of anilines is 1. The zero-order valence-electron chi connectivity index (χ0n) is 15.1. The number of hydrogen-bond donors (Lipinski definition) is 1. The summed E-state index contributed by atoms with van der Waals surface area (Å²) in [5.41, 5.74) is 2.82. The minimum absolute atomic E-state index is 0.0569. The molecule has 0 saturated heterocycles. The van der Waals surface area contributed by atoms with E-state index in [0.717, 1.165) is 22.8 Å². The Kier molecular flexibility index (Phi) is 6.73. The highest BCUT2D eigenvalue weighted by molar-refractivity contribution is 7.99. The first-order valence-corrected chi connectivity index (χ1v) is 10.3. The maximum Gasteiger partial charge on any atom is 0.236 e. The smallest absolute Gasteiger partial charge is 0.236 e. The van der Waals surface area contributed by atoms with E-state index in [1.165, 1.54) is 16.9 Å². The van der Waals surface area contributed by atoms with Gasteiger partial charge < -0.3 is 14.8 Å². The first-order valence-electron chi connectivity index (χ1n) is 8.29. The van der Waals surface area contributed by atoms with Crippen molar-refractivity contribution in [1.82, 2.24) is 4.98 Å². The Balaban J connectivity index is 1.58. The van der Waals surface area contributed by atoms with Crippen LogP contribution in [-0.2, 0) is 10.5 Å². The van der Waals surface area contributed by atoms with E-state index < -0.39 is 0 Å². The molecule has 0 aliphatic rings. The highest BCUT2D eigenvalue weighted by Gasteiger charge is 2.13. The Morgan fingerprint density at radius 3 is 2.70 bits per heavy atom. The summed E-state index contributed by atoms with van der Waals surface area (Å²) in [6.07, 6.45) is 0. The number of aromatic nitrogens is 1. The topological polar surface area (TPSA) is 60.5 Å². The average molecular weight is 401 g/mol. The lowest BCUT2D eigenvalue weighted by molar-refractivity contribution is -0.113. The van der Waals surface area contributed by atoms with Crippen molar-refractivity contribution in [3.8, 4) is 22.8 Å². The number of nitrogens with zero attached hydrogens (tertiary/aromatic N) is 1. The van der Waals surface area contributed by atoms with E-state index in [-0.39, 0.29) is 5.91 Å². The number of methoxy groups -OCH3 is 2. The molecular formula is C20H20N2O3S2. The van der Waals surface area contributed by atoms with Gasteiger partial charge in [0.05, 0.1) is 25.7 Å². The Morgan fingerprint density at radius 1 is 1.15 bits per heavy atom. The highest BCUT2D eigenvalue weighted by atomic mass is 32.2. The van der Waals surface area contributed by atoms with Gasteiger partial charge in [0, 0.05) is 22.8 Å². The van der Waals surface area contributed by atoms with Gasteiger partial charge in [-0.15, -0.1) is 23.1 Å². The van der Waals surface area contributed by atoms with Gasteiger partial charge in [0.2, 0.25) is 5.91 Å². The molecule has 27 heavy (non-hydrogen) atoms. The van der Waals surface area contributed by atoms with E-state index in [4.69, 9.17) is 9.47 Å². The van der Waals surface area contributed by atoms with E-state index in [1.54, 1.807) is 26.0 Å². The SMILES string of the molecule is COc1ccc(-c2csc(NC(=O)CSCc3ccccc3)n2)c(OC)c1. The quantitative estimate of drug-likeness (QED) is 0.594. The average Bonchev–Trinajstić information content (AvgIpc) is 3.16. The number of carbonyl (C=O) groups is 1. The van der Waals surface area contributed by atoms with Crippen LogP contribution in [0.4, 0.5) is 5.13 Å². The molecule has 140 valence electrons. The summed E-state index contributed by atoms with van der Waals surface area (Å²) in [5.74, 6) is 2.53. The lowest BCUT2D eigenvalue weighted by Gasteiger charge is -2.08. The summed E-state index contributed by atoms with van der Waals surface area (Å²) in [6, 6.07) is 15.7. The fraction of sp³-hybridized carbons (Fsp3) is 0.200. The zero-order valence-corrected chi connectivity index (χ0v) is 16.7. The van der Waals surface area contributed by atoms with E-state index >= 15 is 0 Å². The number of hydrogen-bond acceptors (Lipinski definition) is 6. The standard InChI is InChI=1S/C20H20N2O3S2/c1-24-15-8-9-16(18(10-15)25-2)17-12-27-20(21-17)22-19(23)13-26-11-14-6-4-3-5-7-14/h3-10,12H,11,13H2,1-2H3,(H,21,22,23). The van der Waals surface area contributed by atoms with Gasteiger partial charge in [0.1, 0.15) is 11.5 Å². The molecular weight excluding hydrogens is 380 g/mol. The van der Waals surface area contributed by atoms with Crippen LogP contribution in [0.3, 0.4) is 0 Å². The van der Waals surface area contributed by atoms with Crippen LogP contribution >= 0.6 is 23.1 Å². The number of amides is 1. The molecule has 0 aliphatic carbocycles. The summed E-state index contributed by atoms with van der Waals surface area (Å²) in [6.45, 7) is 0. The van der Waals surface area contributed by atoms with Gasteiger partial charge in [0.25, 0.3) is 0 Å². The van der Waals surface area contributed by atoms with Crippen molar-refractivity contribution >= 4 is 34.1 Å². The highest BCUT2D eigenvalue weighted by Crippen LogP contribution is 2.34. The van der Waals surface area contributed by atoms with Crippen LogP contribution in [0, 0.1) is 0 Å². The molecule has 2 aromatic carbocycles. The van der Waals surface area contributed by atoms with Crippen molar-refractivity contribution in [3.63, 3.8) is 0 Å². The first-order chi connectivity index (χ1) is 13.2. The fourth-order valence-corrected chi connectivity index (χ4v) is 3.97. The molecule has 1 heterocycles. The van der Waals surface area contributed by atoms with Crippen LogP contribution in [0.5, 0.6) is 11.5 Å². The summed E-state index contributed by atoms with van der Waals surface area (Å²) in [5, 5.41) is 5.34. The van der Waals surface area contributed by atoms with Crippen LogP contribution in [0.1, 0.15) is 5.56 Å². The van der Waals surface area contributed by atoms with Gasteiger partial charge >= 0.3 is 0 Å². The predicted molar refractivity (Wildman–Crippen MR) is 112 cm³/mol. The Morgan fingerprint density at radius 2 is 1.96 bits per heavy atom. The fourth-order valence-electron chi connectivity index (χ4n) is 2.46.